The minimum atomic E-state index is -0.582. The van der Waals surface area contributed by atoms with E-state index in [1.54, 1.807) is 0 Å². The highest BCUT2D eigenvalue weighted by Gasteiger charge is 1.96. The van der Waals surface area contributed by atoms with E-state index < -0.39 is 8.69 Å². The summed E-state index contributed by atoms with van der Waals surface area (Å²) in [5.41, 5.74) is 0. The van der Waals surface area contributed by atoms with Crippen molar-refractivity contribution >= 4 is 8.69 Å². The number of hydrogen-bond donors (Lipinski definition) is 0. The summed E-state index contributed by atoms with van der Waals surface area (Å²) in [6, 6.07) is 0. The molecule has 0 radical (unpaired) electrons. The molecule has 0 spiro atoms. The van der Waals surface area contributed by atoms with Crippen LogP contribution in [0.25, 0.3) is 0 Å². The van der Waals surface area contributed by atoms with Gasteiger partial charge in [-0.2, -0.15) is 0 Å². The first kappa shape index (κ1) is 23.1. The molecule has 1 unspecified atom stereocenters. The molecule has 0 aliphatic rings. The molecule has 0 saturated heterocycles. The quantitative estimate of drug-likeness (QED) is 0.165. The van der Waals surface area contributed by atoms with Crippen molar-refractivity contribution in [3.63, 3.8) is 0 Å². The van der Waals surface area contributed by atoms with Crippen LogP contribution in [0.5, 0.6) is 0 Å². The maximum Gasteiger partial charge on any atom is 0.494 e. The van der Waals surface area contributed by atoms with Crippen LogP contribution in [0.1, 0.15) is 122 Å². The van der Waals surface area contributed by atoms with Gasteiger partial charge in [0.25, 0.3) is 0 Å². The van der Waals surface area contributed by atoms with Gasteiger partial charge in [0.1, 0.15) is 6.61 Å². The van der Waals surface area contributed by atoms with Crippen molar-refractivity contribution in [2.24, 2.45) is 0 Å². The van der Waals surface area contributed by atoms with Gasteiger partial charge in [0.05, 0.1) is 0 Å². The lowest BCUT2D eigenvalue weighted by atomic mass is 10.0. The molecule has 0 heterocycles. The number of hydrogen-bond acceptors (Lipinski definition) is 2. The topological polar surface area (TPSA) is 26.3 Å². The Kier molecular flexibility index (Phi) is 22.1. The summed E-state index contributed by atoms with van der Waals surface area (Å²) in [6.07, 6.45) is 25.1. The molecule has 1 atom stereocenters. The van der Waals surface area contributed by atoms with Crippen molar-refractivity contribution < 1.29 is 9.09 Å². The fraction of sp³-hybridized carbons (Fsp3) is 1.00. The molecule has 2 nitrogen and oxygen atoms in total. The molecule has 0 aromatic carbocycles. The third kappa shape index (κ3) is 22.1. The summed E-state index contributed by atoms with van der Waals surface area (Å²) in [5.74, 6) is 0. The van der Waals surface area contributed by atoms with Crippen molar-refractivity contribution in [3.8, 4) is 0 Å². The van der Waals surface area contributed by atoms with Gasteiger partial charge in [-0.3, -0.25) is 0 Å². The van der Waals surface area contributed by atoms with Crippen LogP contribution >= 0.6 is 8.69 Å². The Labute approximate surface area is 147 Å². The largest absolute Gasteiger partial charge is 0.494 e. The zero-order valence-electron chi connectivity index (χ0n) is 15.8. The zero-order valence-corrected chi connectivity index (χ0v) is 16.8. The van der Waals surface area contributed by atoms with Crippen LogP contribution in [0, 0.1) is 0 Å². The minimum Gasteiger partial charge on any atom is -0.148 e. The first-order valence-electron chi connectivity index (χ1n) is 10.4. The molecular weight excluding hydrogens is 303 g/mol. The van der Waals surface area contributed by atoms with Gasteiger partial charge in [0.2, 0.25) is 0 Å². The third-order valence-electron chi connectivity index (χ3n) is 4.66. The Balaban J connectivity index is 2.93. The Bertz CT molecular complexity index is 222. The predicted octanol–water partition coefficient (Wildman–Crippen LogP) is 7.98. The van der Waals surface area contributed by atoms with E-state index in [2.05, 4.69) is 6.92 Å². The highest BCUT2D eigenvalue weighted by molar-refractivity contribution is 7.17. The second-order valence-corrected chi connectivity index (χ2v) is 7.40. The number of rotatable bonds is 20. The maximum atomic E-state index is 10.1. The van der Waals surface area contributed by atoms with Crippen LogP contribution in [0.15, 0.2) is 0 Å². The first-order chi connectivity index (χ1) is 11.4. The molecule has 0 amide bonds. The van der Waals surface area contributed by atoms with E-state index in [0.29, 0.717) is 6.61 Å². The Morgan fingerprint density at radius 1 is 0.522 bits per heavy atom. The summed E-state index contributed by atoms with van der Waals surface area (Å²) in [5, 5.41) is 0. The normalized spacial score (nSPS) is 11.3. The van der Waals surface area contributed by atoms with E-state index in [1.807, 2.05) is 0 Å². The molecule has 23 heavy (non-hydrogen) atoms. The lowest BCUT2D eigenvalue weighted by Gasteiger charge is -2.03. The molecular formula is C20H42O2P+. The molecule has 138 valence electrons. The molecule has 0 aliphatic carbocycles. The summed E-state index contributed by atoms with van der Waals surface area (Å²) in [6.45, 7) is 2.95. The standard InChI is InChI=1S/C20H42O2P/c1-2-3-4-5-6-7-8-9-10-11-12-13-14-15-16-17-18-19-20-22-23-21/h23H,2-20H2,1H3/q+1. The smallest absolute Gasteiger partial charge is 0.148 e. The summed E-state index contributed by atoms with van der Waals surface area (Å²) < 4.78 is 15.0. The molecule has 3 heteroatoms. The summed E-state index contributed by atoms with van der Waals surface area (Å²) in [4.78, 5) is 0. The van der Waals surface area contributed by atoms with Crippen molar-refractivity contribution in [2.45, 2.75) is 122 Å². The number of unbranched alkanes of at least 4 members (excludes halogenated alkanes) is 17. The fourth-order valence-electron chi connectivity index (χ4n) is 3.12. The van der Waals surface area contributed by atoms with Crippen LogP contribution in [-0.4, -0.2) is 6.61 Å². The molecule has 0 N–H and O–H groups in total. The molecule has 0 aliphatic heterocycles. The van der Waals surface area contributed by atoms with E-state index >= 15 is 0 Å². The van der Waals surface area contributed by atoms with Crippen molar-refractivity contribution in [3.05, 3.63) is 0 Å². The third-order valence-corrected chi connectivity index (χ3v) is 4.98. The highest BCUT2D eigenvalue weighted by Crippen LogP contribution is 2.14. The van der Waals surface area contributed by atoms with E-state index in [-0.39, 0.29) is 0 Å². The van der Waals surface area contributed by atoms with E-state index in [9.17, 15) is 4.57 Å². The van der Waals surface area contributed by atoms with Gasteiger partial charge in [0.15, 0.2) is 0 Å². The summed E-state index contributed by atoms with van der Waals surface area (Å²) in [7, 11) is -0.582. The van der Waals surface area contributed by atoms with Crippen molar-refractivity contribution in [2.75, 3.05) is 6.61 Å². The van der Waals surface area contributed by atoms with Gasteiger partial charge in [-0.1, -0.05) is 116 Å². The Hall–Kier alpha value is 0.0600. The van der Waals surface area contributed by atoms with Gasteiger partial charge >= 0.3 is 8.69 Å². The molecule has 0 rings (SSSR count). The predicted molar refractivity (Wildman–Crippen MR) is 104 cm³/mol. The molecule has 0 fully saturated rings. The molecule has 0 aromatic heterocycles. The monoisotopic (exact) mass is 345 g/mol. The average molecular weight is 346 g/mol. The molecule has 0 saturated carbocycles. The van der Waals surface area contributed by atoms with Crippen LogP contribution in [0.4, 0.5) is 0 Å². The van der Waals surface area contributed by atoms with E-state index in [4.69, 9.17) is 4.52 Å². The van der Waals surface area contributed by atoms with Crippen LogP contribution in [0.3, 0.4) is 0 Å². The second kappa shape index (κ2) is 22.1. The van der Waals surface area contributed by atoms with Gasteiger partial charge < -0.3 is 0 Å². The molecule has 0 aromatic rings. The minimum absolute atomic E-state index is 0.582. The van der Waals surface area contributed by atoms with E-state index in [1.165, 1.54) is 109 Å². The average Bonchev–Trinajstić information content (AvgIpc) is 2.57. The van der Waals surface area contributed by atoms with E-state index in [0.717, 1.165) is 6.42 Å². The highest BCUT2D eigenvalue weighted by atomic mass is 31.1. The maximum absolute atomic E-state index is 10.1. The first-order valence-corrected chi connectivity index (χ1v) is 11.2. The summed E-state index contributed by atoms with van der Waals surface area (Å²) >= 11 is 0. The zero-order chi connectivity index (χ0) is 16.8. The lowest BCUT2D eigenvalue weighted by molar-refractivity contribution is 0.328. The second-order valence-electron chi connectivity index (χ2n) is 6.94. The van der Waals surface area contributed by atoms with Crippen LogP contribution in [-0.2, 0) is 9.09 Å². The van der Waals surface area contributed by atoms with Gasteiger partial charge in [0, 0.05) is 0 Å². The van der Waals surface area contributed by atoms with Crippen molar-refractivity contribution in [1.29, 1.82) is 0 Å². The van der Waals surface area contributed by atoms with Crippen molar-refractivity contribution in [1.82, 2.24) is 0 Å². The Morgan fingerprint density at radius 3 is 1.13 bits per heavy atom. The fourth-order valence-corrected chi connectivity index (χ4v) is 3.35. The SMILES string of the molecule is CCCCCCCCCCCCCCCCCCCCO[PH+]=O. The molecule has 0 bridgehead atoms. The van der Waals surface area contributed by atoms with Gasteiger partial charge in [-0.25, -0.2) is 0 Å². The van der Waals surface area contributed by atoms with Gasteiger partial charge in [-0.05, 0) is 11.0 Å². The van der Waals surface area contributed by atoms with Crippen LogP contribution in [0.2, 0.25) is 0 Å². The van der Waals surface area contributed by atoms with Crippen LogP contribution < -0.4 is 0 Å². The lowest BCUT2D eigenvalue weighted by Crippen LogP contribution is -1.86. The Morgan fingerprint density at radius 2 is 0.826 bits per heavy atom. The van der Waals surface area contributed by atoms with Gasteiger partial charge in [-0.15, -0.1) is 4.52 Å².